The number of carbonyl (C=O) groups is 3. The number of ether oxygens (including phenoxy) is 2. The number of aromatic nitrogens is 2. The zero-order valence-electron chi connectivity index (χ0n) is 31.2. The van der Waals surface area contributed by atoms with Gasteiger partial charge in [0.05, 0.1) is 7.11 Å². The van der Waals surface area contributed by atoms with Gasteiger partial charge >= 0.3 is 5.97 Å². The molecule has 1 spiro atoms. The molecular formula is C41H48N4O8. The molecule has 4 aromatic rings. The Bertz CT molecular complexity index is 2030. The summed E-state index contributed by atoms with van der Waals surface area (Å²) < 4.78 is 25.2. The van der Waals surface area contributed by atoms with Crippen LogP contribution in [0.25, 0.3) is 11.6 Å². The van der Waals surface area contributed by atoms with E-state index in [4.69, 9.17) is 28.3 Å². The van der Waals surface area contributed by atoms with Crippen molar-refractivity contribution in [2.24, 2.45) is 17.8 Å². The molecular weight excluding hydrogens is 676 g/mol. The number of rotatable bonds is 12. The van der Waals surface area contributed by atoms with E-state index in [1.54, 1.807) is 13.8 Å². The summed E-state index contributed by atoms with van der Waals surface area (Å²) in [6.07, 6.45) is 2.64. The fourth-order valence-corrected chi connectivity index (χ4v) is 7.89. The van der Waals surface area contributed by atoms with Crippen molar-refractivity contribution in [3.05, 3.63) is 82.3 Å². The molecule has 0 aliphatic carbocycles. The van der Waals surface area contributed by atoms with Gasteiger partial charge in [-0.1, -0.05) is 84.2 Å². The Balaban J connectivity index is 1.46. The Kier molecular flexibility index (Phi) is 9.92. The number of methoxy groups -OCH3 is 1. The molecule has 0 radical (unpaired) electrons. The second-order valence-corrected chi connectivity index (χ2v) is 15.1. The number of amides is 1. The maximum Gasteiger partial charge on any atom is 0.360 e. The number of unbranched alkanes of at least 4 members (excludes halogenated alkanes) is 3. The molecule has 1 unspecified atom stereocenters. The summed E-state index contributed by atoms with van der Waals surface area (Å²) in [6.45, 7) is 9.59. The lowest BCUT2D eigenvalue weighted by atomic mass is 9.72. The molecule has 0 saturated heterocycles. The second kappa shape index (κ2) is 14.5. The van der Waals surface area contributed by atoms with Crippen LogP contribution in [0.15, 0.2) is 51.3 Å². The molecule has 12 nitrogen and oxygen atoms in total. The topological polar surface area (TPSA) is 166 Å². The number of Topliss-reactive ketones (excluding diaryl/α,β-unsaturated/α-hetero) is 1. The number of para-hydroxylation sites is 1. The normalized spacial score (nSPS) is 21.9. The lowest BCUT2D eigenvalue weighted by Crippen LogP contribution is -2.41. The summed E-state index contributed by atoms with van der Waals surface area (Å²) in [4.78, 5) is 50.3. The van der Waals surface area contributed by atoms with Crippen LogP contribution >= 0.6 is 0 Å². The van der Waals surface area contributed by atoms with E-state index in [-0.39, 0.29) is 59.5 Å². The Hall–Kier alpha value is -4.97. The van der Waals surface area contributed by atoms with Crippen LogP contribution in [0.3, 0.4) is 0 Å². The first-order valence-electron chi connectivity index (χ1n) is 18.7. The van der Waals surface area contributed by atoms with Crippen LogP contribution in [-0.4, -0.2) is 52.2 Å². The molecule has 53 heavy (non-hydrogen) atoms. The van der Waals surface area contributed by atoms with Gasteiger partial charge in [-0.3, -0.25) is 9.59 Å². The van der Waals surface area contributed by atoms with Gasteiger partial charge in [-0.15, -0.1) is 0 Å². The lowest BCUT2D eigenvalue weighted by Gasteiger charge is -2.28. The van der Waals surface area contributed by atoms with Gasteiger partial charge in [-0.05, 0) is 47.9 Å². The minimum Gasteiger partial charge on any atom is -0.469 e. The Morgan fingerprint density at radius 3 is 2.55 bits per heavy atom. The van der Waals surface area contributed by atoms with Crippen molar-refractivity contribution in [2.75, 3.05) is 12.4 Å². The number of carbonyl (C=O) groups excluding carboxylic acids is 3. The van der Waals surface area contributed by atoms with Gasteiger partial charge in [-0.2, -0.15) is 0 Å². The first-order chi connectivity index (χ1) is 25.5. The number of aryl methyl sites for hydroxylation is 1. The molecule has 1 amide bonds. The van der Waals surface area contributed by atoms with Gasteiger partial charge in [0, 0.05) is 30.0 Å². The SMILES string of the molecule is CCCCCCc1oc(-c2nc3oc2C24c5ccccc5N[C@H]2Oc2ccc(cc24)C[C@H](CC(=O)[C@@H](O)C(C)C)C(=O)N[C@H]3C(C)C)nc1C(=O)OC. The van der Waals surface area contributed by atoms with Crippen LogP contribution < -0.4 is 15.4 Å². The molecule has 2 aromatic carbocycles. The van der Waals surface area contributed by atoms with Crippen molar-refractivity contribution in [1.29, 1.82) is 0 Å². The number of nitrogens with one attached hydrogen (secondary N) is 2. The van der Waals surface area contributed by atoms with Crippen LogP contribution in [0.4, 0.5) is 5.69 Å². The number of hydrogen-bond acceptors (Lipinski definition) is 11. The molecule has 5 heterocycles. The number of anilines is 1. The van der Waals surface area contributed by atoms with E-state index < -0.39 is 35.7 Å². The first kappa shape index (κ1) is 36.4. The fourth-order valence-electron chi connectivity index (χ4n) is 7.89. The maximum atomic E-state index is 14.2. The van der Waals surface area contributed by atoms with Crippen molar-refractivity contribution >= 4 is 23.3 Å². The van der Waals surface area contributed by atoms with Gasteiger partial charge in [0.1, 0.15) is 29.1 Å². The van der Waals surface area contributed by atoms with Crippen LogP contribution in [0.5, 0.6) is 5.75 Å². The molecule has 0 fully saturated rings. The van der Waals surface area contributed by atoms with Crippen LogP contribution in [0.2, 0.25) is 0 Å². The molecule has 7 rings (SSSR count). The van der Waals surface area contributed by atoms with E-state index in [0.717, 1.165) is 48.1 Å². The number of oxazole rings is 2. The smallest absolute Gasteiger partial charge is 0.360 e. The molecule has 3 aliphatic rings. The third-order valence-corrected chi connectivity index (χ3v) is 10.8. The fraction of sp³-hybridized carbons (Fsp3) is 0.488. The molecule has 4 bridgehead atoms. The zero-order valence-corrected chi connectivity index (χ0v) is 31.2. The van der Waals surface area contributed by atoms with E-state index >= 15 is 0 Å². The quantitative estimate of drug-likeness (QED) is 0.105. The highest BCUT2D eigenvalue weighted by Gasteiger charge is 2.61. The number of hydrogen-bond donors (Lipinski definition) is 3. The number of esters is 1. The largest absolute Gasteiger partial charge is 0.469 e. The number of nitrogens with zero attached hydrogens (tertiary/aromatic N) is 2. The van der Waals surface area contributed by atoms with Crippen LogP contribution in [0, 0.1) is 17.8 Å². The van der Waals surface area contributed by atoms with E-state index in [9.17, 15) is 19.5 Å². The van der Waals surface area contributed by atoms with Crippen molar-refractivity contribution in [2.45, 2.75) is 103 Å². The van der Waals surface area contributed by atoms with Gasteiger partial charge in [0.25, 0.3) is 0 Å². The minimum absolute atomic E-state index is 0.0848. The van der Waals surface area contributed by atoms with Gasteiger partial charge in [-0.25, -0.2) is 14.8 Å². The van der Waals surface area contributed by atoms with E-state index in [0.29, 0.717) is 23.7 Å². The van der Waals surface area contributed by atoms with E-state index in [1.807, 2.05) is 56.3 Å². The Morgan fingerprint density at radius 2 is 1.81 bits per heavy atom. The van der Waals surface area contributed by atoms with E-state index in [2.05, 4.69) is 17.6 Å². The Labute approximate surface area is 309 Å². The highest BCUT2D eigenvalue weighted by molar-refractivity contribution is 5.90. The highest BCUT2D eigenvalue weighted by Crippen LogP contribution is 2.59. The van der Waals surface area contributed by atoms with Crippen LogP contribution in [-0.2, 0) is 32.6 Å². The van der Waals surface area contributed by atoms with Gasteiger partial charge in [0.15, 0.2) is 29.2 Å². The number of aliphatic hydroxyl groups excluding tert-OH is 1. The first-order valence-corrected chi connectivity index (χ1v) is 18.7. The molecule has 5 atom stereocenters. The molecule has 3 N–H and O–H groups in total. The highest BCUT2D eigenvalue weighted by atomic mass is 16.5. The number of fused-ring (bicyclic) bond motifs is 4. The minimum atomic E-state index is -1.19. The average Bonchev–Trinajstić information content (AvgIpc) is 3.90. The maximum absolute atomic E-state index is 14.2. The third-order valence-electron chi connectivity index (χ3n) is 10.8. The summed E-state index contributed by atoms with van der Waals surface area (Å²) in [5.41, 5.74) is 2.61. The molecule has 280 valence electrons. The van der Waals surface area contributed by atoms with E-state index in [1.165, 1.54) is 7.11 Å². The lowest BCUT2D eigenvalue weighted by molar-refractivity contribution is -0.135. The summed E-state index contributed by atoms with van der Waals surface area (Å²) >= 11 is 0. The Morgan fingerprint density at radius 1 is 1.02 bits per heavy atom. The predicted octanol–water partition coefficient (Wildman–Crippen LogP) is 6.68. The summed E-state index contributed by atoms with van der Waals surface area (Å²) in [6, 6.07) is 13.0. The van der Waals surface area contributed by atoms with Gasteiger partial charge in [0.2, 0.25) is 17.7 Å². The predicted molar refractivity (Wildman–Crippen MR) is 195 cm³/mol. The average molecular weight is 725 g/mol. The van der Waals surface area contributed by atoms with Crippen molar-refractivity contribution < 1.29 is 37.8 Å². The van der Waals surface area contributed by atoms with Crippen molar-refractivity contribution in [1.82, 2.24) is 15.3 Å². The number of aliphatic hydroxyl groups is 1. The standard InChI is InChI=1S/C41H48N4O8/c1-7-8-9-10-15-30-32(39(49)50-6)44-38(51-30)33-35-41-25-13-11-12-14-27(25)42-40(41)52-29-17-16-23(19-26(29)41)18-24(20-28(46)34(47)22(4)5)36(48)43-31(21(2)3)37(45-33)53-35/h11-14,16-17,19,21-22,24,31,34,40,42,47H,7-10,15,18,20H2,1-6H3,(H,43,48)/t24-,31+,34+,40+,41?/m1/s1. The third kappa shape index (κ3) is 6.30. The molecule has 3 aliphatic heterocycles. The summed E-state index contributed by atoms with van der Waals surface area (Å²) in [5, 5.41) is 17.4. The molecule has 12 heteroatoms. The second-order valence-electron chi connectivity index (χ2n) is 15.1. The summed E-state index contributed by atoms with van der Waals surface area (Å²) in [5.74, 6) is -0.887. The van der Waals surface area contributed by atoms with Crippen LogP contribution in [0.1, 0.15) is 117 Å². The number of benzene rings is 2. The number of ketones is 1. The van der Waals surface area contributed by atoms with Crippen molar-refractivity contribution in [3.8, 4) is 17.3 Å². The summed E-state index contributed by atoms with van der Waals surface area (Å²) in [7, 11) is 1.31. The zero-order chi connectivity index (χ0) is 37.6. The monoisotopic (exact) mass is 724 g/mol. The molecule has 2 aromatic heterocycles. The molecule has 0 saturated carbocycles. The van der Waals surface area contributed by atoms with Gasteiger partial charge < -0.3 is 34.0 Å². The van der Waals surface area contributed by atoms with Crippen molar-refractivity contribution in [3.63, 3.8) is 0 Å².